The van der Waals surface area contributed by atoms with E-state index in [4.69, 9.17) is 4.43 Å². The van der Waals surface area contributed by atoms with Gasteiger partial charge in [0, 0.05) is 6.10 Å². The normalized spacial score (nSPS) is 10.9. The van der Waals surface area contributed by atoms with Crippen molar-refractivity contribution in [2.24, 2.45) is 0 Å². The van der Waals surface area contributed by atoms with Gasteiger partial charge in [-0.2, -0.15) is 0 Å². The summed E-state index contributed by atoms with van der Waals surface area (Å²) in [5, 5.41) is 0. The molecule has 0 atom stereocenters. The number of rotatable bonds is 5. The van der Waals surface area contributed by atoms with Gasteiger partial charge in [0.15, 0.2) is 0 Å². The molecule has 0 aliphatic heterocycles. The van der Waals surface area contributed by atoms with Crippen molar-refractivity contribution in [1.82, 2.24) is 0 Å². The van der Waals surface area contributed by atoms with Crippen molar-refractivity contribution in [3.05, 3.63) is 48.2 Å². The zero-order valence-electron chi connectivity index (χ0n) is 8.86. The third-order valence-electron chi connectivity index (χ3n) is 1.84. The topological polar surface area (TPSA) is 9.23 Å². The SMILES string of the molecule is C=C[Si](Cc1ccccc1)OC(C)C. The first-order chi connectivity index (χ1) is 6.72. The first-order valence-electron chi connectivity index (χ1n) is 4.91. The predicted molar refractivity (Wildman–Crippen MR) is 62.3 cm³/mol. The van der Waals surface area contributed by atoms with Crippen LogP contribution in [-0.2, 0) is 10.5 Å². The van der Waals surface area contributed by atoms with Gasteiger partial charge in [-0.1, -0.05) is 36.0 Å². The summed E-state index contributed by atoms with van der Waals surface area (Å²) < 4.78 is 5.79. The Balaban J connectivity index is 2.53. The Kier molecular flexibility index (Phi) is 4.63. The summed E-state index contributed by atoms with van der Waals surface area (Å²) in [6.07, 6.45) is 0.297. The number of benzene rings is 1. The standard InChI is InChI=1S/C12H17OSi/c1-4-14(13-11(2)3)10-12-8-6-5-7-9-12/h4-9,11H,1,10H2,2-3H3. The molecule has 2 heteroatoms. The Labute approximate surface area is 88.1 Å². The fourth-order valence-electron chi connectivity index (χ4n) is 1.26. The number of hydrogen-bond acceptors (Lipinski definition) is 1. The average Bonchev–Trinajstić information content (AvgIpc) is 2.17. The zero-order valence-corrected chi connectivity index (χ0v) is 9.86. The van der Waals surface area contributed by atoms with Gasteiger partial charge in [-0.25, -0.2) is 0 Å². The fourth-order valence-corrected chi connectivity index (χ4v) is 2.83. The van der Waals surface area contributed by atoms with Crippen LogP contribution in [0.4, 0.5) is 0 Å². The smallest absolute Gasteiger partial charge is 0.243 e. The van der Waals surface area contributed by atoms with E-state index in [-0.39, 0.29) is 0 Å². The largest absolute Gasteiger partial charge is 0.410 e. The molecular formula is C12H17OSi. The van der Waals surface area contributed by atoms with E-state index >= 15 is 0 Å². The lowest BCUT2D eigenvalue weighted by Gasteiger charge is -2.14. The minimum atomic E-state index is -0.872. The van der Waals surface area contributed by atoms with Gasteiger partial charge in [0.05, 0.1) is 0 Å². The lowest BCUT2D eigenvalue weighted by molar-refractivity contribution is 0.246. The molecule has 1 aromatic rings. The van der Waals surface area contributed by atoms with Crippen LogP contribution in [0.2, 0.25) is 0 Å². The molecule has 0 saturated carbocycles. The van der Waals surface area contributed by atoms with Gasteiger partial charge in [-0.15, -0.1) is 6.58 Å². The molecule has 0 heterocycles. The van der Waals surface area contributed by atoms with Gasteiger partial charge < -0.3 is 4.43 Å². The van der Waals surface area contributed by atoms with Gasteiger partial charge in [-0.3, -0.25) is 0 Å². The Morgan fingerprint density at radius 3 is 2.50 bits per heavy atom. The molecule has 1 aromatic carbocycles. The summed E-state index contributed by atoms with van der Waals surface area (Å²) in [4.78, 5) is 0. The maximum atomic E-state index is 5.79. The van der Waals surface area contributed by atoms with Crippen molar-refractivity contribution in [2.75, 3.05) is 0 Å². The molecular weight excluding hydrogens is 188 g/mol. The van der Waals surface area contributed by atoms with Crippen LogP contribution in [0.3, 0.4) is 0 Å². The summed E-state index contributed by atoms with van der Waals surface area (Å²) in [6.45, 7) is 7.97. The van der Waals surface area contributed by atoms with E-state index < -0.39 is 9.04 Å². The Hall–Kier alpha value is -0.863. The first-order valence-corrected chi connectivity index (χ1v) is 6.60. The third kappa shape index (κ3) is 3.90. The molecule has 0 bridgehead atoms. The van der Waals surface area contributed by atoms with E-state index in [1.807, 2.05) is 11.8 Å². The van der Waals surface area contributed by atoms with Gasteiger partial charge in [0.25, 0.3) is 0 Å². The molecule has 75 valence electrons. The van der Waals surface area contributed by atoms with Crippen molar-refractivity contribution in [3.63, 3.8) is 0 Å². The molecule has 0 spiro atoms. The van der Waals surface area contributed by atoms with Crippen molar-refractivity contribution in [1.29, 1.82) is 0 Å². The Bertz CT molecular complexity index is 269. The molecule has 0 amide bonds. The van der Waals surface area contributed by atoms with Crippen LogP contribution in [0.25, 0.3) is 0 Å². The highest BCUT2D eigenvalue weighted by Crippen LogP contribution is 2.05. The van der Waals surface area contributed by atoms with Crippen LogP contribution in [0.1, 0.15) is 19.4 Å². The fraction of sp³-hybridized carbons (Fsp3) is 0.333. The predicted octanol–water partition coefficient (Wildman–Crippen LogP) is 2.91. The van der Waals surface area contributed by atoms with Crippen LogP contribution in [0.5, 0.6) is 0 Å². The van der Waals surface area contributed by atoms with Crippen molar-refractivity contribution in [2.45, 2.75) is 26.0 Å². The molecule has 1 radical (unpaired) electrons. The highest BCUT2D eigenvalue weighted by Gasteiger charge is 2.11. The van der Waals surface area contributed by atoms with Gasteiger partial charge >= 0.3 is 0 Å². The van der Waals surface area contributed by atoms with Crippen LogP contribution in [0, 0.1) is 0 Å². The Morgan fingerprint density at radius 1 is 1.36 bits per heavy atom. The molecule has 0 saturated heterocycles. The van der Waals surface area contributed by atoms with Crippen LogP contribution >= 0.6 is 0 Å². The maximum absolute atomic E-state index is 5.79. The molecule has 0 aromatic heterocycles. The lowest BCUT2D eigenvalue weighted by atomic mass is 10.2. The van der Waals surface area contributed by atoms with Gasteiger partial charge in [-0.05, 0) is 25.5 Å². The van der Waals surface area contributed by atoms with Crippen molar-refractivity contribution < 1.29 is 4.43 Å². The highest BCUT2D eigenvalue weighted by molar-refractivity contribution is 6.57. The second-order valence-corrected chi connectivity index (χ2v) is 5.43. The van der Waals surface area contributed by atoms with E-state index in [0.717, 1.165) is 6.04 Å². The van der Waals surface area contributed by atoms with E-state index in [0.29, 0.717) is 6.10 Å². The zero-order chi connectivity index (χ0) is 10.4. The molecule has 0 N–H and O–H groups in total. The van der Waals surface area contributed by atoms with Crippen molar-refractivity contribution in [3.8, 4) is 0 Å². The van der Waals surface area contributed by atoms with E-state index in [9.17, 15) is 0 Å². The van der Waals surface area contributed by atoms with Gasteiger partial charge in [0.1, 0.15) is 0 Å². The Morgan fingerprint density at radius 2 is 2.00 bits per heavy atom. The molecule has 1 rings (SSSR count). The molecule has 0 aliphatic rings. The second-order valence-electron chi connectivity index (χ2n) is 3.50. The van der Waals surface area contributed by atoms with Crippen LogP contribution in [0.15, 0.2) is 42.6 Å². The van der Waals surface area contributed by atoms with E-state index in [2.05, 4.69) is 44.7 Å². The van der Waals surface area contributed by atoms with E-state index in [1.54, 1.807) is 0 Å². The maximum Gasteiger partial charge on any atom is 0.243 e. The quantitative estimate of drug-likeness (QED) is 0.672. The summed E-state index contributed by atoms with van der Waals surface area (Å²) in [7, 11) is -0.872. The molecule has 14 heavy (non-hydrogen) atoms. The molecule has 0 unspecified atom stereocenters. The minimum Gasteiger partial charge on any atom is -0.410 e. The highest BCUT2D eigenvalue weighted by atomic mass is 28.3. The minimum absolute atomic E-state index is 0.297. The molecule has 0 aliphatic carbocycles. The van der Waals surface area contributed by atoms with Crippen LogP contribution < -0.4 is 0 Å². The number of hydrogen-bond donors (Lipinski definition) is 0. The summed E-state index contributed by atoms with van der Waals surface area (Å²) in [5.74, 6) is 0. The third-order valence-corrected chi connectivity index (χ3v) is 3.82. The summed E-state index contributed by atoms with van der Waals surface area (Å²) >= 11 is 0. The summed E-state index contributed by atoms with van der Waals surface area (Å²) in [5.41, 5.74) is 3.31. The average molecular weight is 205 g/mol. The first kappa shape index (κ1) is 11.2. The van der Waals surface area contributed by atoms with Gasteiger partial charge in [0.2, 0.25) is 9.04 Å². The van der Waals surface area contributed by atoms with Crippen LogP contribution in [-0.4, -0.2) is 15.1 Å². The lowest BCUT2D eigenvalue weighted by Crippen LogP contribution is -2.23. The second kappa shape index (κ2) is 5.78. The molecule has 0 fully saturated rings. The van der Waals surface area contributed by atoms with E-state index in [1.165, 1.54) is 5.56 Å². The van der Waals surface area contributed by atoms with Crippen molar-refractivity contribution >= 4 is 9.04 Å². The molecule has 1 nitrogen and oxygen atoms in total. The summed E-state index contributed by atoms with van der Waals surface area (Å²) in [6, 6.07) is 11.4. The monoisotopic (exact) mass is 205 g/mol.